The molecule has 2 atom stereocenters. The maximum Gasteiger partial charge on any atom is 0.184 e. The fourth-order valence-corrected chi connectivity index (χ4v) is 2.04. The highest BCUT2D eigenvalue weighted by molar-refractivity contribution is 6.76. The molecule has 1 rings (SSSR count). The summed E-state index contributed by atoms with van der Waals surface area (Å²) in [5, 5.41) is 20.9. The Bertz CT molecular complexity index is 363. The van der Waals surface area contributed by atoms with E-state index in [1.807, 2.05) is 0 Å². The van der Waals surface area contributed by atoms with Crippen LogP contribution in [0.1, 0.15) is 18.9 Å². The lowest BCUT2D eigenvalue weighted by molar-refractivity contribution is 0.0622. The van der Waals surface area contributed by atoms with Crippen molar-refractivity contribution in [2.24, 2.45) is 5.73 Å². The topological polar surface area (TPSA) is 99.1 Å². The summed E-state index contributed by atoms with van der Waals surface area (Å²) in [7, 11) is -1.09. The standard InChI is InChI=1S/C10H23N5O2Si/c1-8(11)9(16)10-12-13-14-15(10)7-17-5-6-18(2,3)4/h8-9,16H,5-7,11H2,1-4H3/t8-,9?/m0/s1. The Labute approximate surface area is 108 Å². The number of hydrogen-bond donors (Lipinski definition) is 2. The van der Waals surface area contributed by atoms with Crippen molar-refractivity contribution in [1.82, 2.24) is 20.2 Å². The van der Waals surface area contributed by atoms with Crippen LogP contribution in [0.4, 0.5) is 0 Å². The Morgan fingerprint density at radius 3 is 2.67 bits per heavy atom. The van der Waals surface area contributed by atoms with E-state index in [0.717, 1.165) is 6.04 Å². The van der Waals surface area contributed by atoms with Crippen LogP contribution in [-0.2, 0) is 11.5 Å². The molecule has 1 unspecified atom stereocenters. The molecule has 0 aliphatic rings. The zero-order valence-corrected chi connectivity index (χ0v) is 12.5. The fraction of sp³-hybridized carbons (Fsp3) is 0.900. The van der Waals surface area contributed by atoms with Gasteiger partial charge in [0.1, 0.15) is 12.8 Å². The first-order valence-electron chi connectivity index (χ1n) is 6.09. The monoisotopic (exact) mass is 273 g/mol. The summed E-state index contributed by atoms with van der Waals surface area (Å²) >= 11 is 0. The summed E-state index contributed by atoms with van der Waals surface area (Å²) in [5.41, 5.74) is 5.61. The molecule has 0 amide bonds. The molecule has 0 spiro atoms. The molecule has 8 heteroatoms. The zero-order chi connectivity index (χ0) is 13.8. The van der Waals surface area contributed by atoms with Crippen LogP contribution in [0.15, 0.2) is 0 Å². The molecule has 0 saturated heterocycles. The van der Waals surface area contributed by atoms with Crippen molar-refractivity contribution in [1.29, 1.82) is 0 Å². The summed E-state index contributed by atoms with van der Waals surface area (Å²) in [6.07, 6.45) is -0.874. The maximum absolute atomic E-state index is 9.82. The number of nitrogens with zero attached hydrogens (tertiary/aromatic N) is 4. The highest BCUT2D eigenvalue weighted by Gasteiger charge is 2.20. The lowest BCUT2D eigenvalue weighted by Gasteiger charge is -2.16. The average molecular weight is 273 g/mol. The van der Waals surface area contributed by atoms with Crippen LogP contribution in [0.3, 0.4) is 0 Å². The number of nitrogens with two attached hydrogens (primary N) is 1. The molecular weight excluding hydrogens is 250 g/mol. The molecule has 1 heterocycles. The van der Waals surface area contributed by atoms with Crippen LogP contribution in [0, 0.1) is 0 Å². The summed E-state index contributed by atoms with van der Waals surface area (Å²) in [6, 6.07) is 0.664. The molecule has 1 aromatic heterocycles. The number of aliphatic hydroxyl groups is 1. The third-order valence-corrected chi connectivity index (χ3v) is 4.24. The van der Waals surface area contributed by atoms with Gasteiger partial charge >= 0.3 is 0 Å². The second-order valence-corrected chi connectivity index (χ2v) is 11.3. The van der Waals surface area contributed by atoms with Crippen molar-refractivity contribution in [2.45, 2.75) is 51.5 Å². The smallest absolute Gasteiger partial charge is 0.184 e. The van der Waals surface area contributed by atoms with Gasteiger partial charge in [0.15, 0.2) is 5.82 Å². The minimum absolute atomic E-state index is 0.247. The molecule has 1 aromatic rings. The van der Waals surface area contributed by atoms with Gasteiger partial charge < -0.3 is 15.6 Å². The van der Waals surface area contributed by atoms with Crippen LogP contribution in [0.2, 0.25) is 25.7 Å². The Hall–Kier alpha value is -0.833. The summed E-state index contributed by atoms with van der Waals surface area (Å²) in [5.74, 6) is 0.345. The number of aliphatic hydroxyl groups excluding tert-OH is 1. The van der Waals surface area contributed by atoms with E-state index in [1.165, 1.54) is 4.68 Å². The highest BCUT2D eigenvalue weighted by atomic mass is 28.3. The number of rotatable bonds is 7. The molecule has 0 aliphatic carbocycles. The third-order valence-electron chi connectivity index (χ3n) is 2.53. The first kappa shape index (κ1) is 15.2. The summed E-state index contributed by atoms with van der Waals surface area (Å²) < 4.78 is 6.97. The first-order valence-corrected chi connectivity index (χ1v) is 9.79. The molecular formula is C10H23N5O2Si. The lowest BCUT2D eigenvalue weighted by atomic mass is 10.2. The van der Waals surface area contributed by atoms with Gasteiger partial charge in [0, 0.05) is 20.7 Å². The molecule has 18 heavy (non-hydrogen) atoms. The van der Waals surface area contributed by atoms with Gasteiger partial charge in [-0.25, -0.2) is 4.68 Å². The van der Waals surface area contributed by atoms with Crippen molar-refractivity contribution in [3.8, 4) is 0 Å². The molecule has 0 aliphatic heterocycles. The van der Waals surface area contributed by atoms with E-state index in [-0.39, 0.29) is 6.73 Å². The van der Waals surface area contributed by atoms with Gasteiger partial charge in [-0.1, -0.05) is 19.6 Å². The van der Waals surface area contributed by atoms with Gasteiger partial charge in [-0.15, -0.1) is 5.10 Å². The summed E-state index contributed by atoms with van der Waals surface area (Å²) in [4.78, 5) is 0. The summed E-state index contributed by atoms with van der Waals surface area (Å²) in [6.45, 7) is 9.51. The van der Waals surface area contributed by atoms with E-state index in [1.54, 1.807) is 6.92 Å². The molecule has 0 saturated carbocycles. The van der Waals surface area contributed by atoms with E-state index >= 15 is 0 Å². The van der Waals surface area contributed by atoms with Gasteiger partial charge in [-0.05, 0) is 23.4 Å². The van der Waals surface area contributed by atoms with Crippen molar-refractivity contribution in [3.05, 3.63) is 5.82 Å². The predicted octanol–water partition coefficient (Wildman–Crippen LogP) is 0.366. The number of tetrazole rings is 1. The van der Waals surface area contributed by atoms with Crippen LogP contribution < -0.4 is 5.73 Å². The van der Waals surface area contributed by atoms with Gasteiger partial charge in [-0.2, -0.15) is 0 Å². The second kappa shape index (κ2) is 6.37. The van der Waals surface area contributed by atoms with Crippen LogP contribution in [0.25, 0.3) is 0 Å². The van der Waals surface area contributed by atoms with Gasteiger partial charge in [0.2, 0.25) is 0 Å². The van der Waals surface area contributed by atoms with E-state index in [0.29, 0.717) is 12.4 Å². The normalized spacial score (nSPS) is 15.7. The quantitative estimate of drug-likeness (QED) is 0.550. The minimum atomic E-state index is -1.09. The minimum Gasteiger partial charge on any atom is -0.383 e. The van der Waals surface area contributed by atoms with E-state index in [9.17, 15) is 5.11 Å². The van der Waals surface area contributed by atoms with E-state index in [2.05, 4.69) is 35.2 Å². The number of hydrogen-bond acceptors (Lipinski definition) is 6. The Morgan fingerprint density at radius 1 is 1.44 bits per heavy atom. The van der Waals surface area contributed by atoms with Crippen molar-refractivity contribution in [2.75, 3.05) is 6.61 Å². The molecule has 0 radical (unpaired) electrons. The predicted molar refractivity (Wildman–Crippen MR) is 70.5 cm³/mol. The second-order valence-electron chi connectivity index (χ2n) is 5.69. The lowest BCUT2D eigenvalue weighted by Crippen LogP contribution is -2.28. The Kier molecular flexibility index (Phi) is 5.39. The SMILES string of the molecule is C[C@H](N)C(O)c1nnnn1COCC[Si](C)(C)C. The molecule has 0 bridgehead atoms. The van der Waals surface area contributed by atoms with Crippen LogP contribution in [-0.4, -0.2) is 46.0 Å². The van der Waals surface area contributed by atoms with Gasteiger partial charge in [0.05, 0.1) is 0 Å². The fourth-order valence-electron chi connectivity index (χ4n) is 1.28. The molecule has 0 aromatic carbocycles. The van der Waals surface area contributed by atoms with Crippen molar-refractivity contribution < 1.29 is 9.84 Å². The molecule has 7 nitrogen and oxygen atoms in total. The van der Waals surface area contributed by atoms with Gasteiger partial charge in [-0.3, -0.25) is 0 Å². The van der Waals surface area contributed by atoms with Crippen LogP contribution >= 0.6 is 0 Å². The van der Waals surface area contributed by atoms with E-state index in [4.69, 9.17) is 10.5 Å². The first-order chi connectivity index (χ1) is 8.31. The van der Waals surface area contributed by atoms with Crippen molar-refractivity contribution >= 4 is 8.07 Å². The maximum atomic E-state index is 9.82. The molecule has 0 fully saturated rings. The highest BCUT2D eigenvalue weighted by Crippen LogP contribution is 2.12. The van der Waals surface area contributed by atoms with Crippen LogP contribution in [0.5, 0.6) is 0 Å². The zero-order valence-electron chi connectivity index (χ0n) is 11.5. The average Bonchev–Trinajstić information content (AvgIpc) is 2.70. The number of ether oxygens (including phenoxy) is 1. The Morgan fingerprint density at radius 2 is 2.11 bits per heavy atom. The molecule has 3 N–H and O–H groups in total. The third kappa shape index (κ3) is 4.81. The number of aromatic nitrogens is 4. The molecule has 104 valence electrons. The largest absolute Gasteiger partial charge is 0.383 e. The van der Waals surface area contributed by atoms with E-state index < -0.39 is 20.2 Å². The van der Waals surface area contributed by atoms with Gasteiger partial charge in [0.25, 0.3) is 0 Å². The van der Waals surface area contributed by atoms with Crippen molar-refractivity contribution in [3.63, 3.8) is 0 Å². The Balaban J connectivity index is 2.46.